The van der Waals surface area contributed by atoms with Crippen LogP contribution in [0, 0.1) is 6.92 Å². The Morgan fingerprint density at radius 3 is 2.62 bits per heavy atom. The monoisotopic (exact) mass is 455 g/mol. The van der Waals surface area contributed by atoms with Crippen LogP contribution in [0.2, 0.25) is 0 Å². The van der Waals surface area contributed by atoms with Crippen LogP contribution in [-0.2, 0) is 4.79 Å². The molecule has 0 spiro atoms. The van der Waals surface area contributed by atoms with E-state index in [0.717, 1.165) is 35.4 Å². The van der Waals surface area contributed by atoms with E-state index < -0.39 is 6.10 Å². The van der Waals surface area contributed by atoms with Gasteiger partial charge < -0.3 is 19.1 Å². The second-order valence-corrected chi connectivity index (χ2v) is 8.62. The predicted molar refractivity (Wildman–Crippen MR) is 127 cm³/mol. The number of methoxy groups -OCH3 is 1. The fraction of sp³-hybridized carbons (Fsp3) is 0.417. The number of nitrogens with zero attached hydrogens (tertiary/aromatic N) is 3. The molecule has 1 aliphatic rings. The van der Waals surface area contributed by atoms with Gasteiger partial charge >= 0.3 is 0 Å². The average molecular weight is 456 g/mol. The maximum atomic E-state index is 13.7. The zero-order valence-electron chi connectivity index (χ0n) is 19.0. The molecule has 1 unspecified atom stereocenters. The molecule has 2 heterocycles. The van der Waals surface area contributed by atoms with Crippen molar-refractivity contribution < 1.29 is 19.0 Å². The van der Waals surface area contributed by atoms with Crippen molar-refractivity contribution in [1.82, 2.24) is 9.88 Å². The van der Waals surface area contributed by atoms with E-state index in [9.17, 15) is 4.79 Å². The number of carbonyl (C=O) groups excluding carboxylic acids is 1. The van der Waals surface area contributed by atoms with Gasteiger partial charge in [-0.1, -0.05) is 43.4 Å². The Balaban J connectivity index is 1.67. The topological polar surface area (TPSA) is 64.1 Å². The van der Waals surface area contributed by atoms with Crippen LogP contribution in [0.4, 0.5) is 5.13 Å². The molecule has 0 saturated heterocycles. The molecule has 0 saturated carbocycles. The van der Waals surface area contributed by atoms with Gasteiger partial charge in [-0.25, -0.2) is 4.98 Å². The number of amides is 1. The highest BCUT2D eigenvalue weighted by Crippen LogP contribution is 2.37. The molecule has 32 heavy (non-hydrogen) atoms. The summed E-state index contributed by atoms with van der Waals surface area (Å²) in [6, 6.07) is 11.4. The molecule has 1 amide bonds. The highest BCUT2D eigenvalue weighted by atomic mass is 32.1. The summed E-state index contributed by atoms with van der Waals surface area (Å²) in [5.74, 6) is 1.80. The van der Waals surface area contributed by atoms with E-state index in [-0.39, 0.29) is 12.5 Å². The molecule has 3 aromatic rings. The number of ether oxygens (including phenoxy) is 3. The molecule has 0 aliphatic carbocycles. The van der Waals surface area contributed by atoms with Crippen molar-refractivity contribution in [1.29, 1.82) is 0 Å². The van der Waals surface area contributed by atoms with Crippen molar-refractivity contribution in [2.45, 2.75) is 26.9 Å². The Labute approximate surface area is 192 Å². The SMILES string of the molecule is CCN(CC)CCN(C(=O)C1COc2ccccc2O1)c1nc2c(OC)ccc(C)c2s1. The Hall–Kier alpha value is -2.84. The van der Waals surface area contributed by atoms with Crippen molar-refractivity contribution >= 4 is 32.6 Å². The lowest BCUT2D eigenvalue weighted by Crippen LogP contribution is -2.48. The molecule has 0 N–H and O–H groups in total. The van der Waals surface area contributed by atoms with Gasteiger partial charge in [0.25, 0.3) is 5.91 Å². The maximum absolute atomic E-state index is 13.7. The first-order chi connectivity index (χ1) is 15.5. The van der Waals surface area contributed by atoms with Crippen molar-refractivity contribution in [3.63, 3.8) is 0 Å². The van der Waals surface area contributed by atoms with Crippen LogP contribution in [0.1, 0.15) is 19.4 Å². The molecule has 170 valence electrons. The Kier molecular flexibility index (Phi) is 6.81. The summed E-state index contributed by atoms with van der Waals surface area (Å²) in [4.78, 5) is 22.5. The first-order valence-electron chi connectivity index (χ1n) is 10.9. The van der Waals surface area contributed by atoms with Crippen LogP contribution in [0.15, 0.2) is 36.4 Å². The van der Waals surface area contributed by atoms with Crippen LogP contribution >= 0.6 is 11.3 Å². The number of hydrogen-bond acceptors (Lipinski definition) is 7. The van der Waals surface area contributed by atoms with Crippen molar-refractivity contribution in [2.75, 3.05) is 44.8 Å². The molecule has 7 nitrogen and oxygen atoms in total. The maximum Gasteiger partial charge on any atom is 0.273 e. The number of hydrogen-bond donors (Lipinski definition) is 0. The molecule has 2 aromatic carbocycles. The van der Waals surface area contributed by atoms with Gasteiger partial charge in [-0.05, 0) is 43.8 Å². The predicted octanol–water partition coefficient (Wildman–Crippen LogP) is 4.13. The Morgan fingerprint density at radius 2 is 1.91 bits per heavy atom. The van der Waals surface area contributed by atoms with Crippen molar-refractivity contribution in [2.24, 2.45) is 0 Å². The summed E-state index contributed by atoms with van der Waals surface area (Å²) < 4.78 is 18.4. The summed E-state index contributed by atoms with van der Waals surface area (Å²) in [6.45, 7) is 9.56. The fourth-order valence-corrected chi connectivity index (χ4v) is 4.86. The minimum atomic E-state index is -0.725. The fourth-order valence-electron chi connectivity index (χ4n) is 3.77. The van der Waals surface area contributed by atoms with Crippen LogP contribution < -0.4 is 19.1 Å². The molecule has 0 bridgehead atoms. The average Bonchev–Trinajstić information content (AvgIpc) is 3.27. The third-order valence-electron chi connectivity index (χ3n) is 5.73. The van der Waals surface area contributed by atoms with E-state index >= 15 is 0 Å². The molecular formula is C24H29N3O4S. The summed E-state index contributed by atoms with van der Waals surface area (Å²) in [6.07, 6.45) is -0.725. The largest absolute Gasteiger partial charge is 0.494 e. The number of rotatable bonds is 8. The van der Waals surface area contributed by atoms with Crippen LogP contribution in [0.3, 0.4) is 0 Å². The van der Waals surface area contributed by atoms with Gasteiger partial charge in [0.05, 0.1) is 11.8 Å². The molecule has 0 fully saturated rings. The molecule has 1 aromatic heterocycles. The van der Waals surface area contributed by atoms with Gasteiger partial charge in [-0.2, -0.15) is 0 Å². The van der Waals surface area contributed by atoms with Gasteiger partial charge in [0, 0.05) is 13.1 Å². The summed E-state index contributed by atoms with van der Waals surface area (Å²) in [5, 5.41) is 0.646. The van der Waals surface area contributed by atoms with E-state index in [1.54, 1.807) is 12.0 Å². The van der Waals surface area contributed by atoms with E-state index in [1.807, 2.05) is 43.3 Å². The number of benzene rings is 2. The van der Waals surface area contributed by atoms with E-state index in [0.29, 0.717) is 28.9 Å². The van der Waals surface area contributed by atoms with E-state index in [1.165, 1.54) is 11.3 Å². The second kappa shape index (κ2) is 9.75. The highest BCUT2D eigenvalue weighted by molar-refractivity contribution is 7.22. The van der Waals surface area contributed by atoms with Crippen LogP contribution in [-0.4, -0.2) is 61.8 Å². The number of para-hydroxylation sites is 2. The minimum Gasteiger partial charge on any atom is -0.494 e. The molecule has 1 aliphatic heterocycles. The lowest BCUT2D eigenvalue weighted by atomic mass is 10.2. The zero-order chi connectivity index (χ0) is 22.7. The summed E-state index contributed by atoms with van der Waals surface area (Å²) in [7, 11) is 1.64. The molecule has 0 radical (unpaired) electrons. The molecular weight excluding hydrogens is 426 g/mol. The Morgan fingerprint density at radius 1 is 1.16 bits per heavy atom. The number of thiazole rings is 1. The molecule has 8 heteroatoms. The first-order valence-corrected chi connectivity index (χ1v) is 11.7. The van der Waals surface area contributed by atoms with E-state index in [4.69, 9.17) is 19.2 Å². The standard InChI is InChI=1S/C24H29N3O4S/c1-5-26(6-2)13-14-27(23(28)20-15-30-17-9-7-8-10-18(17)31-20)24-25-21-19(29-4)12-11-16(3)22(21)32-24/h7-12,20H,5-6,13-15H2,1-4H3. The number of aromatic nitrogens is 1. The number of carbonyl (C=O) groups is 1. The van der Waals surface area contributed by atoms with Crippen LogP contribution in [0.5, 0.6) is 17.2 Å². The van der Waals surface area contributed by atoms with E-state index in [2.05, 4.69) is 18.7 Å². The molecule has 4 rings (SSSR count). The van der Waals surface area contributed by atoms with Gasteiger partial charge in [-0.3, -0.25) is 9.69 Å². The first kappa shape index (κ1) is 22.4. The number of aryl methyl sites for hydroxylation is 1. The number of fused-ring (bicyclic) bond motifs is 2. The van der Waals surface area contributed by atoms with Crippen molar-refractivity contribution in [3.8, 4) is 17.2 Å². The number of likely N-dealkylation sites (N-methyl/N-ethyl adjacent to an activating group) is 1. The van der Waals surface area contributed by atoms with Crippen molar-refractivity contribution in [3.05, 3.63) is 42.0 Å². The quantitative estimate of drug-likeness (QED) is 0.509. The van der Waals surface area contributed by atoms with Gasteiger partial charge in [0.15, 0.2) is 16.6 Å². The third-order valence-corrected chi connectivity index (χ3v) is 6.94. The minimum absolute atomic E-state index is 0.151. The summed E-state index contributed by atoms with van der Waals surface area (Å²) in [5.41, 5.74) is 1.88. The molecule has 1 atom stereocenters. The smallest absolute Gasteiger partial charge is 0.273 e. The third kappa shape index (κ3) is 4.38. The Bertz CT molecular complexity index is 1100. The lowest BCUT2D eigenvalue weighted by molar-refractivity contribution is -0.127. The normalized spacial score (nSPS) is 15.2. The van der Waals surface area contributed by atoms with Gasteiger partial charge in [0.2, 0.25) is 6.10 Å². The van der Waals surface area contributed by atoms with Gasteiger partial charge in [-0.15, -0.1) is 0 Å². The second-order valence-electron chi connectivity index (χ2n) is 7.64. The van der Waals surface area contributed by atoms with Gasteiger partial charge in [0.1, 0.15) is 17.9 Å². The highest BCUT2D eigenvalue weighted by Gasteiger charge is 2.33. The summed E-state index contributed by atoms with van der Waals surface area (Å²) >= 11 is 1.51. The number of anilines is 1. The zero-order valence-corrected chi connectivity index (χ0v) is 19.8. The lowest BCUT2D eigenvalue weighted by Gasteiger charge is -2.30. The van der Waals surface area contributed by atoms with Crippen LogP contribution in [0.25, 0.3) is 10.2 Å².